The van der Waals surface area contributed by atoms with E-state index >= 15 is 0 Å². The number of benzene rings is 1. The van der Waals surface area contributed by atoms with Gasteiger partial charge in [0.25, 0.3) is 5.91 Å². The third-order valence-electron chi connectivity index (χ3n) is 13.1. The summed E-state index contributed by atoms with van der Waals surface area (Å²) in [5.74, 6) is -1.41. The maximum Gasteiger partial charge on any atom is 0.306 e. The highest BCUT2D eigenvalue weighted by molar-refractivity contribution is 7.91. The van der Waals surface area contributed by atoms with E-state index in [2.05, 4.69) is 10.0 Å². The zero-order valence-corrected chi connectivity index (χ0v) is 34.4. The Hall–Kier alpha value is -4.20. The fourth-order valence-electron chi connectivity index (χ4n) is 8.95. The Morgan fingerprint density at radius 1 is 1.09 bits per heavy atom. The van der Waals surface area contributed by atoms with E-state index in [4.69, 9.17) is 19.2 Å². The second kappa shape index (κ2) is 14.9. The fraction of sp³-hybridized carbons (Fsp3) is 0.651. The van der Waals surface area contributed by atoms with E-state index in [1.807, 2.05) is 44.2 Å². The molecule has 0 radical (unpaired) electrons. The van der Waals surface area contributed by atoms with E-state index in [1.165, 1.54) is 0 Å². The molecule has 6 aliphatic rings. The van der Waals surface area contributed by atoms with Gasteiger partial charge in [0.15, 0.2) is 0 Å². The molecule has 4 heterocycles. The molecule has 0 unspecified atom stereocenters. The molecule has 3 amide bonds. The summed E-state index contributed by atoms with van der Waals surface area (Å²) in [4.78, 5) is 63.5. The van der Waals surface area contributed by atoms with Gasteiger partial charge in [-0.1, -0.05) is 38.8 Å². The first-order chi connectivity index (χ1) is 27.2. The number of methoxy groups -OCH3 is 1. The Balaban J connectivity index is 1.14. The van der Waals surface area contributed by atoms with Crippen LogP contribution in [0.2, 0.25) is 0 Å². The summed E-state index contributed by atoms with van der Waals surface area (Å²) in [6.45, 7) is 5.87. The van der Waals surface area contributed by atoms with Crippen LogP contribution in [0.4, 0.5) is 0 Å². The van der Waals surface area contributed by atoms with Crippen LogP contribution >= 0.6 is 0 Å². The second-order valence-corrected chi connectivity index (χ2v) is 20.3. The number of ether oxygens (including phenoxy) is 3. The molecule has 1 aromatic heterocycles. The summed E-state index contributed by atoms with van der Waals surface area (Å²) < 4.78 is 46.0. The van der Waals surface area contributed by atoms with Gasteiger partial charge in [-0.15, -0.1) is 0 Å². The first-order valence-corrected chi connectivity index (χ1v) is 22.4. The van der Waals surface area contributed by atoms with Gasteiger partial charge >= 0.3 is 5.97 Å². The predicted octanol–water partition coefficient (Wildman–Crippen LogP) is 5.38. The summed E-state index contributed by atoms with van der Waals surface area (Å²) in [7, 11) is -2.35. The van der Waals surface area contributed by atoms with Crippen LogP contribution in [-0.4, -0.2) is 84.2 Å². The molecule has 1 aromatic carbocycles. The van der Waals surface area contributed by atoms with E-state index < -0.39 is 61.6 Å². The van der Waals surface area contributed by atoms with Gasteiger partial charge in [-0.05, 0) is 95.2 Å². The van der Waals surface area contributed by atoms with Crippen molar-refractivity contribution >= 4 is 44.6 Å². The number of aromatic nitrogens is 1. The topological polar surface area (TPSA) is 170 Å². The zero-order valence-electron chi connectivity index (χ0n) is 33.6. The first-order valence-electron chi connectivity index (χ1n) is 20.9. The minimum atomic E-state index is -3.98. The highest BCUT2D eigenvalue weighted by atomic mass is 32.2. The Morgan fingerprint density at radius 2 is 1.88 bits per heavy atom. The van der Waals surface area contributed by atoms with Crippen molar-refractivity contribution in [2.75, 3.05) is 20.3 Å². The highest BCUT2D eigenvalue weighted by Gasteiger charge is 2.64. The van der Waals surface area contributed by atoms with Gasteiger partial charge in [0.05, 0.1) is 42.6 Å². The lowest BCUT2D eigenvalue weighted by molar-refractivity contribution is -0.151. The molecule has 2 aromatic rings. The standard InChI is InChI=1S/C43H56N4O9S/c1-26(2)24-55-35(48)20-28-10-8-6-5-7-9-11-29-22-43(29,40(51)46-57(52,53)41(3)18-19-41)45-38(49)34-23-42(25-47(34)39(28)50)17-16-31-32-21-30(54-4)14-15-33(32)44-36(27-12-13-27)37(31)56-42/h9,11,14-15,21,26-29,34H,5-8,10,12-13,16-20,22-25H2,1-4H3,(H,45,49)(H,46,51)/b11-9-/t28-,29-,34+,42-,43-/m1/s1. The molecule has 14 heteroatoms. The zero-order chi connectivity index (χ0) is 40.3. The molecule has 308 valence electrons. The van der Waals surface area contributed by atoms with Gasteiger partial charge in [0.2, 0.25) is 21.8 Å². The van der Waals surface area contributed by atoms with Crippen LogP contribution in [0, 0.1) is 17.8 Å². The number of hydrogen-bond donors (Lipinski definition) is 2. The number of aryl methyl sites for hydroxylation is 1. The predicted molar refractivity (Wildman–Crippen MR) is 212 cm³/mol. The van der Waals surface area contributed by atoms with E-state index in [1.54, 1.807) is 18.9 Å². The Labute approximate surface area is 335 Å². The normalized spacial score (nSPS) is 30.2. The molecule has 0 bridgehead atoms. The van der Waals surface area contributed by atoms with Crippen LogP contribution in [-0.2, 0) is 40.4 Å². The number of hydrogen-bond acceptors (Lipinski definition) is 10. The number of allylic oxidation sites excluding steroid dienone is 1. The lowest BCUT2D eigenvalue weighted by Crippen LogP contribution is -2.57. The minimum Gasteiger partial charge on any atom is -0.497 e. The van der Waals surface area contributed by atoms with Crippen molar-refractivity contribution in [2.45, 2.75) is 139 Å². The smallest absolute Gasteiger partial charge is 0.306 e. The van der Waals surface area contributed by atoms with Crippen molar-refractivity contribution in [3.63, 3.8) is 0 Å². The van der Waals surface area contributed by atoms with Crippen molar-refractivity contribution in [1.82, 2.24) is 19.9 Å². The van der Waals surface area contributed by atoms with E-state index in [0.717, 1.165) is 54.3 Å². The fourth-order valence-corrected chi connectivity index (χ4v) is 10.3. The van der Waals surface area contributed by atoms with Crippen LogP contribution in [0.5, 0.6) is 11.5 Å². The van der Waals surface area contributed by atoms with Crippen molar-refractivity contribution < 1.29 is 41.8 Å². The number of carbonyl (C=O) groups excluding carboxylic acids is 4. The van der Waals surface area contributed by atoms with Gasteiger partial charge in [-0.25, -0.2) is 13.4 Å². The summed E-state index contributed by atoms with van der Waals surface area (Å²) in [6.07, 6.45) is 11.8. The maximum absolute atomic E-state index is 14.9. The first kappa shape index (κ1) is 39.6. The SMILES string of the molecule is COc1ccc2nc(C3CC3)c3c(c2c1)CC[C@]1(C[C@H]2C(=O)N[C@]4(C(=O)NS(=O)(=O)C5(C)CC5)C[C@H]4/C=C\CCCCC[C@H](CC(=O)OCC(C)C)C(=O)N2C1)O3. The Kier molecular flexibility index (Phi) is 10.3. The molecule has 5 atom stereocenters. The molecule has 8 rings (SSSR count). The minimum absolute atomic E-state index is 0.108. The number of fused-ring (bicyclic) bond motifs is 5. The number of pyridine rings is 1. The van der Waals surface area contributed by atoms with Crippen LogP contribution < -0.4 is 19.5 Å². The molecular weight excluding hydrogens is 749 g/mol. The molecular formula is C43H56N4O9S. The molecule has 1 saturated heterocycles. The molecule has 3 aliphatic carbocycles. The molecule has 2 N–H and O–H groups in total. The van der Waals surface area contributed by atoms with Crippen LogP contribution in [0.1, 0.15) is 121 Å². The number of sulfonamides is 1. The summed E-state index contributed by atoms with van der Waals surface area (Å²) in [6, 6.07) is 4.81. The Morgan fingerprint density at radius 3 is 2.60 bits per heavy atom. The Bertz CT molecular complexity index is 2110. The molecule has 57 heavy (non-hydrogen) atoms. The van der Waals surface area contributed by atoms with Crippen LogP contribution in [0.15, 0.2) is 30.4 Å². The number of rotatable bonds is 9. The van der Waals surface area contributed by atoms with Crippen molar-refractivity contribution in [1.29, 1.82) is 0 Å². The van der Waals surface area contributed by atoms with Gasteiger partial charge in [0.1, 0.15) is 28.7 Å². The molecule has 13 nitrogen and oxygen atoms in total. The summed E-state index contributed by atoms with van der Waals surface area (Å²) in [5.41, 5.74) is 0.357. The average Bonchev–Trinajstić information content (AvgIpc) is 4.12. The van der Waals surface area contributed by atoms with Gasteiger partial charge < -0.3 is 24.4 Å². The summed E-state index contributed by atoms with van der Waals surface area (Å²) >= 11 is 0. The number of amides is 3. The third kappa shape index (κ3) is 7.74. The lowest BCUT2D eigenvalue weighted by atomic mass is 9.86. The van der Waals surface area contributed by atoms with Crippen LogP contribution in [0.3, 0.4) is 0 Å². The van der Waals surface area contributed by atoms with Gasteiger partial charge in [-0.3, -0.25) is 23.9 Å². The number of carbonyl (C=O) groups is 4. The van der Waals surface area contributed by atoms with E-state index in [0.29, 0.717) is 50.0 Å². The molecule has 3 aliphatic heterocycles. The number of esters is 1. The quantitative estimate of drug-likeness (QED) is 0.248. The number of nitrogens with one attached hydrogen (secondary N) is 2. The van der Waals surface area contributed by atoms with Gasteiger partial charge in [-0.2, -0.15) is 0 Å². The maximum atomic E-state index is 14.9. The van der Waals surface area contributed by atoms with Crippen molar-refractivity contribution in [2.24, 2.45) is 17.8 Å². The average molecular weight is 805 g/mol. The molecule has 4 fully saturated rings. The van der Waals surface area contributed by atoms with Crippen LogP contribution in [0.25, 0.3) is 10.9 Å². The molecule has 3 saturated carbocycles. The third-order valence-corrected chi connectivity index (χ3v) is 15.3. The summed E-state index contributed by atoms with van der Waals surface area (Å²) in [5, 5.41) is 3.94. The van der Waals surface area contributed by atoms with Crippen molar-refractivity contribution in [3.05, 3.63) is 41.6 Å². The molecule has 1 spiro atoms. The lowest BCUT2D eigenvalue weighted by Gasteiger charge is -2.37. The monoisotopic (exact) mass is 804 g/mol. The van der Waals surface area contributed by atoms with Crippen molar-refractivity contribution in [3.8, 4) is 11.5 Å². The largest absolute Gasteiger partial charge is 0.497 e. The van der Waals surface area contributed by atoms with E-state index in [-0.39, 0.29) is 50.2 Å². The van der Waals surface area contributed by atoms with E-state index in [9.17, 15) is 27.6 Å². The highest BCUT2D eigenvalue weighted by Crippen LogP contribution is 2.52. The second-order valence-electron chi connectivity index (χ2n) is 18.1. The van der Waals surface area contributed by atoms with Gasteiger partial charge in [0, 0.05) is 35.1 Å². The number of nitrogens with zero attached hydrogens (tertiary/aromatic N) is 2.